The third kappa shape index (κ3) is 2.94. The minimum Gasteiger partial charge on any atom is -0.464 e. The van der Waals surface area contributed by atoms with Gasteiger partial charge in [-0.25, -0.2) is 4.79 Å². The molecule has 2 heterocycles. The number of carbonyl (C=O) groups is 1. The van der Waals surface area contributed by atoms with Crippen molar-refractivity contribution in [2.75, 3.05) is 13.7 Å². The third-order valence-corrected chi connectivity index (χ3v) is 4.19. The molecule has 1 aromatic heterocycles. The maximum atomic E-state index is 11.7. The van der Waals surface area contributed by atoms with Crippen molar-refractivity contribution in [3.8, 4) is 0 Å². The molecular weight excluding hydrogens is 285 g/mol. The zero-order chi connectivity index (χ0) is 16.5. The van der Waals surface area contributed by atoms with Crippen molar-refractivity contribution in [3.63, 3.8) is 0 Å². The molecule has 1 aliphatic rings. The number of aromatic amines is 1. The Morgan fingerprint density at radius 3 is 2.50 bits per heavy atom. The number of nitrogens with zero attached hydrogens (tertiary/aromatic N) is 1. The number of hydrogen-bond donors (Lipinski definition) is 2. The Kier molecular flexibility index (Phi) is 4.46. The quantitative estimate of drug-likeness (QED) is 0.640. The van der Waals surface area contributed by atoms with Gasteiger partial charge in [-0.15, -0.1) is 0 Å². The van der Waals surface area contributed by atoms with Crippen molar-refractivity contribution in [3.05, 3.63) is 22.9 Å². The average molecular weight is 307 g/mol. The highest BCUT2D eigenvalue weighted by Gasteiger charge is 2.52. The lowest BCUT2D eigenvalue weighted by atomic mass is 9.77. The van der Waals surface area contributed by atoms with E-state index in [9.17, 15) is 4.79 Å². The van der Waals surface area contributed by atoms with E-state index >= 15 is 0 Å². The molecule has 0 aliphatic carbocycles. The van der Waals surface area contributed by atoms with Crippen LogP contribution in [-0.2, 0) is 14.0 Å². The third-order valence-electron chi connectivity index (χ3n) is 4.19. The zero-order valence-electron chi connectivity index (χ0n) is 13.6. The van der Waals surface area contributed by atoms with Gasteiger partial charge >= 0.3 is 13.1 Å². The van der Waals surface area contributed by atoms with Crippen LogP contribution in [0.25, 0.3) is 6.08 Å². The van der Waals surface area contributed by atoms with Crippen molar-refractivity contribution in [2.45, 2.75) is 38.9 Å². The molecule has 0 amide bonds. The second kappa shape index (κ2) is 5.87. The van der Waals surface area contributed by atoms with Gasteiger partial charge in [0.1, 0.15) is 0 Å². The molecular formula is C14H22BN3O4. The first-order chi connectivity index (χ1) is 10.2. The molecule has 120 valence electrons. The van der Waals surface area contributed by atoms with Gasteiger partial charge in [0, 0.05) is 12.1 Å². The summed E-state index contributed by atoms with van der Waals surface area (Å²) >= 11 is 0. The maximum Gasteiger partial charge on any atom is 0.491 e. The standard InChI is InChI=1S/C14H22BN3O4/c1-13(2)14(3,4)22-15(21-13)10(7-16)6-9-8-17-18-11(9)12(19)20-5/h6,8H,7,16H2,1-5H3,(H,17,18). The van der Waals surface area contributed by atoms with E-state index in [4.69, 9.17) is 19.8 Å². The van der Waals surface area contributed by atoms with Gasteiger partial charge in [0.15, 0.2) is 5.69 Å². The predicted molar refractivity (Wildman–Crippen MR) is 83.0 cm³/mol. The summed E-state index contributed by atoms with van der Waals surface area (Å²) in [5.41, 5.74) is 6.51. The minimum absolute atomic E-state index is 0.239. The van der Waals surface area contributed by atoms with Crippen molar-refractivity contribution >= 4 is 19.2 Å². The number of ether oxygens (including phenoxy) is 1. The van der Waals surface area contributed by atoms with Crippen LogP contribution in [-0.4, -0.2) is 48.1 Å². The molecule has 0 aromatic carbocycles. The highest BCUT2D eigenvalue weighted by atomic mass is 16.7. The van der Waals surface area contributed by atoms with Crippen LogP contribution >= 0.6 is 0 Å². The van der Waals surface area contributed by atoms with Crippen molar-refractivity contribution < 1.29 is 18.8 Å². The van der Waals surface area contributed by atoms with Crippen LogP contribution in [0.15, 0.2) is 11.7 Å². The number of esters is 1. The first-order valence-electron chi connectivity index (χ1n) is 7.09. The number of methoxy groups -OCH3 is 1. The fourth-order valence-electron chi connectivity index (χ4n) is 2.09. The van der Waals surface area contributed by atoms with E-state index in [0.29, 0.717) is 5.56 Å². The SMILES string of the molecule is COC(=O)c1[nH]ncc1C=C(CN)B1OC(C)(C)C(C)(C)O1. The molecule has 8 heteroatoms. The molecule has 0 radical (unpaired) electrons. The molecule has 0 bridgehead atoms. The van der Waals surface area contributed by atoms with E-state index in [1.807, 2.05) is 27.7 Å². The largest absolute Gasteiger partial charge is 0.491 e. The van der Waals surface area contributed by atoms with Gasteiger partial charge in [0.25, 0.3) is 0 Å². The van der Waals surface area contributed by atoms with Gasteiger partial charge in [-0.3, -0.25) is 5.10 Å². The van der Waals surface area contributed by atoms with Crippen LogP contribution in [0, 0.1) is 0 Å². The molecule has 0 unspecified atom stereocenters. The van der Waals surface area contributed by atoms with Crippen molar-refractivity contribution in [1.29, 1.82) is 0 Å². The molecule has 1 aromatic rings. The zero-order valence-corrected chi connectivity index (χ0v) is 13.6. The topological polar surface area (TPSA) is 99.5 Å². The predicted octanol–water partition coefficient (Wildman–Crippen LogP) is 1.17. The van der Waals surface area contributed by atoms with Crippen LogP contribution in [0.2, 0.25) is 0 Å². The summed E-state index contributed by atoms with van der Waals surface area (Å²) in [7, 11) is 0.754. The monoisotopic (exact) mass is 307 g/mol. The summed E-state index contributed by atoms with van der Waals surface area (Å²) in [5, 5.41) is 6.49. The fraction of sp³-hybridized carbons (Fsp3) is 0.571. The molecule has 3 N–H and O–H groups in total. The normalized spacial score (nSPS) is 20.3. The Bertz CT molecular complexity index is 579. The molecule has 2 rings (SSSR count). The second-order valence-corrected chi connectivity index (χ2v) is 6.20. The summed E-state index contributed by atoms with van der Waals surface area (Å²) in [6.45, 7) is 8.12. The number of carbonyl (C=O) groups excluding carboxylic acids is 1. The second-order valence-electron chi connectivity index (χ2n) is 6.20. The lowest BCUT2D eigenvalue weighted by Gasteiger charge is -2.32. The summed E-state index contributed by atoms with van der Waals surface area (Å²) in [4.78, 5) is 11.7. The van der Waals surface area contributed by atoms with Gasteiger partial charge in [0.2, 0.25) is 0 Å². The fourth-order valence-corrected chi connectivity index (χ4v) is 2.09. The smallest absolute Gasteiger partial charge is 0.464 e. The summed E-state index contributed by atoms with van der Waals surface area (Å²) < 4.78 is 16.7. The van der Waals surface area contributed by atoms with E-state index in [2.05, 4.69) is 10.2 Å². The van der Waals surface area contributed by atoms with Gasteiger partial charge < -0.3 is 19.8 Å². The van der Waals surface area contributed by atoms with E-state index in [0.717, 1.165) is 5.47 Å². The van der Waals surface area contributed by atoms with Crippen LogP contribution in [0.3, 0.4) is 0 Å². The molecule has 0 atom stereocenters. The number of hydrogen-bond acceptors (Lipinski definition) is 6. The number of nitrogens with two attached hydrogens (primary N) is 1. The first kappa shape index (κ1) is 16.7. The Morgan fingerprint density at radius 2 is 2.00 bits per heavy atom. The van der Waals surface area contributed by atoms with Crippen molar-refractivity contribution in [2.24, 2.45) is 5.73 Å². The van der Waals surface area contributed by atoms with E-state index in [1.165, 1.54) is 13.3 Å². The molecule has 1 fully saturated rings. The van der Waals surface area contributed by atoms with E-state index in [-0.39, 0.29) is 12.2 Å². The van der Waals surface area contributed by atoms with Gasteiger partial charge in [0.05, 0.1) is 24.5 Å². The van der Waals surface area contributed by atoms with Gasteiger partial charge in [-0.05, 0) is 33.2 Å². The Morgan fingerprint density at radius 1 is 1.41 bits per heavy atom. The Labute approximate surface area is 130 Å². The molecule has 22 heavy (non-hydrogen) atoms. The van der Waals surface area contributed by atoms with E-state index in [1.54, 1.807) is 6.08 Å². The van der Waals surface area contributed by atoms with Crippen LogP contribution < -0.4 is 5.73 Å². The number of H-pyrrole nitrogens is 1. The summed E-state index contributed by atoms with van der Waals surface area (Å²) in [6, 6.07) is 0. The highest BCUT2D eigenvalue weighted by Crippen LogP contribution is 2.38. The summed E-state index contributed by atoms with van der Waals surface area (Å²) in [5.74, 6) is -0.492. The van der Waals surface area contributed by atoms with Gasteiger partial charge in [-0.1, -0.05) is 6.08 Å². The number of rotatable bonds is 4. The molecule has 1 aliphatic heterocycles. The Balaban J connectivity index is 2.30. The molecule has 0 saturated carbocycles. The minimum atomic E-state index is -0.560. The van der Waals surface area contributed by atoms with Crippen molar-refractivity contribution in [1.82, 2.24) is 10.2 Å². The van der Waals surface area contributed by atoms with Crippen LogP contribution in [0.1, 0.15) is 43.7 Å². The average Bonchev–Trinajstić information content (AvgIpc) is 2.97. The molecule has 1 saturated heterocycles. The lowest BCUT2D eigenvalue weighted by molar-refractivity contribution is 0.00578. The number of aromatic nitrogens is 2. The Hall–Kier alpha value is -1.64. The maximum absolute atomic E-state index is 11.7. The van der Waals surface area contributed by atoms with Gasteiger partial charge in [-0.2, -0.15) is 5.10 Å². The highest BCUT2D eigenvalue weighted by molar-refractivity contribution is 6.56. The van der Waals surface area contributed by atoms with Crippen LogP contribution in [0.5, 0.6) is 0 Å². The summed E-state index contributed by atoms with van der Waals surface area (Å²) in [6.07, 6.45) is 3.28. The molecule has 0 spiro atoms. The lowest BCUT2D eigenvalue weighted by Crippen LogP contribution is -2.41. The first-order valence-corrected chi connectivity index (χ1v) is 7.09. The number of nitrogens with one attached hydrogen (secondary N) is 1. The molecule has 7 nitrogen and oxygen atoms in total. The van der Waals surface area contributed by atoms with E-state index < -0.39 is 24.3 Å². The van der Waals surface area contributed by atoms with Crippen LogP contribution in [0.4, 0.5) is 0 Å².